The van der Waals surface area contributed by atoms with Gasteiger partial charge in [0.1, 0.15) is 0 Å². The number of hydrogen-bond acceptors (Lipinski definition) is 3. The summed E-state index contributed by atoms with van der Waals surface area (Å²) in [5.74, 6) is 0.175. The van der Waals surface area contributed by atoms with E-state index in [2.05, 4.69) is 10.3 Å². The van der Waals surface area contributed by atoms with E-state index in [0.717, 1.165) is 24.8 Å². The van der Waals surface area contributed by atoms with Gasteiger partial charge in [-0.25, -0.2) is 4.98 Å². The van der Waals surface area contributed by atoms with Crippen LogP contribution in [0.1, 0.15) is 22.6 Å². The molecule has 0 fully saturated rings. The Bertz CT molecular complexity index is 626. The number of amides is 1. The van der Waals surface area contributed by atoms with E-state index in [0.29, 0.717) is 11.6 Å². The van der Waals surface area contributed by atoms with Crippen molar-refractivity contribution in [2.45, 2.75) is 25.8 Å². The van der Waals surface area contributed by atoms with E-state index in [-0.39, 0.29) is 11.8 Å². The molecule has 0 spiro atoms. The van der Waals surface area contributed by atoms with Gasteiger partial charge < -0.3 is 5.32 Å². The monoisotopic (exact) mass is 306 g/mol. The Kier molecular flexibility index (Phi) is 4.03. The van der Waals surface area contributed by atoms with Gasteiger partial charge in [-0.3, -0.25) is 4.79 Å². The smallest absolute Gasteiger partial charge is 0.223 e. The minimum atomic E-state index is 0.0606. The molecule has 104 valence electrons. The molecule has 0 saturated carbocycles. The van der Waals surface area contributed by atoms with Gasteiger partial charge in [0.15, 0.2) is 0 Å². The molecule has 3 rings (SSSR count). The molecule has 3 nitrogen and oxygen atoms in total. The van der Waals surface area contributed by atoms with Gasteiger partial charge in [-0.05, 0) is 30.9 Å². The van der Waals surface area contributed by atoms with Gasteiger partial charge in [-0.1, -0.05) is 29.8 Å². The average molecular weight is 307 g/mol. The lowest BCUT2D eigenvalue weighted by Gasteiger charge is -2.20. The standard InChI is InChI=1S/C15H15ClN2OS/c16-12-4-2-1-3-11(12)8-17-15(19)10-5-6-13-14(7-10)20-9-18-13/h1-4,9-10H,5-8H2,(H,17,19). The Balaban J connectivity index is 1.59. The van der Waals surface area contributed by atoms with E-state index < -0.39 is 0 Å². The summed E-state index contributed by atoms with van der Waals surface area (Å²) < 4.78 is 0. The summed E-state index contributed by atoms with van der Waals surface area (Å²) in [5.41, 5.74) is 4.00. The van der Waals surface area contributed by atoms with Crippen molar-refractivity contribution in [3.63, 3.8) is 0 Å². The highest BCUT2D eigenvalue weighted by Crippen LogP contribution is 2.27. The van der Waals surface area contributed by atoms with E-state index in [9.17, 15) is 4.79 Å². The van der Waals surface area contributed by atoms with E-state index in [1.165, 1.54) is 10.6 Å². The normalized spacial score (nSPS) is 17.6. The Morgan fingerprint density at radius 1 is 1.45 bits per heavy atom. The summed E-state index contributed by atoms with van der Waals surface area (Å²) in [6.07, 6.45) is 2.60. The maximum absolute atomic E-state index is 12.2. The largest absolute Gasteiger partial charge is 0.352 e. The van der Waals surface area contributed by atoms with Gasteiger partial charge in [-0.15, -0.1) is 11.3 Å². The number of nitrogens with one attached hydrogen (secondary N) is 1. The molecular formula is C15H15ClN2OS. The van der Waals surface area contributed by atoms with Gasteiger partial charge in [-0.2, -0.15) is 0 Å². The molecule has 20 heavy (non-hydrogen) atoms. The summed E-state index contributed by atoms with van der Waals surface area (Å²) in [6, 6.07) is 7.59. The van der Waals surface area contributed by atoms with Crippen molar-refractivity contribution in [1.82, 2.24) is 10.3 Å². The van der Waals surface area contributed by atoms with Crippen molar-refractivity contribution in [3.8, 4) is 0 Å². The minimum absolute atomic E-state index is 0.0606. The highest BCUT2D eigenvalue weighted by Gasteiger charge is 2.26. The number of halogens is 1. The molecule has 1 N–H and O–H groups in total. The molecule has 0 saturated heterocycles. The molecule has 1 unspecified atom stereocenters. The second kappa shape index (κ2) is 5.94. The average Bonchev–Trinajstić information content (AvgIpc) is 2.93. The SMILES string of the molecule is O=C(NCc1ccccc1Cl)C1CCc2ncsc2C1. The first-order chi connectivity index (χ1) is 9.74. The van der Waals surface area contributed by atoms with Crippen LogP contribution in [0, 0.1) is 5.92 Å². The van der Waals surface area contributed by atoms with Crippen LogP contribution in [0.5, 0.6) is 0 Å². The first-order valence-corrected chi connectivity index (χ1v) is 7.92. The van der Waals surface area contributed by atoms with Crippen molar-refractivity contribution < 1.29 is 4.79 Å². The lowest BCUT2D eigenvalue weighted by molar-refractivity contribution is -0.125. The number of nitrogens with zero attached hydrogens (tertiary/aromatic N) is 1. The fraction of sp³-hybridized carbons (Fsp3) is 0.333. The van der Waals surface area contributed by atoms with Crippen LogP contribution in [0.15, 0.2) is 29.8 Å². The third-order valence-corrected chi connectivity index (χ3v) is 4.93. The number of thiazole rings is 1. The zero-order valence-electron chi connectivity index (χ0n) is 10.9. The molecule has 1 atom stereocenters. The van der Waals surface area contributed by atoms with E-state index in [1.807, 2.05) is 29.8 Å². The number of aryl methyl sites for hydroxylation is 1. The highest BCUT2D eigenvalue weighted by molar-refractivity contribution is 7.09. The molecule has 0 radical (unpaired) electrons. The van der Waals surface area contributed by atoms with Crippen molar-refractivity contribution in [3.05, 3.63) is 50.9 Å². The number of benzene rings is 1. The van der Waals surface area contributed by atoms with Crippen LogP contribution in [0.3, 0.4) is 0 Å². The number of rotatable bonds is 3. The van der Waals surface area contributed by atoms with Crippen LogP contribution in [-0.4, -0.2) is 10.9 Å². The molecular weight excluding hydrogens is 292 g/mol. The van der Waals surface area contributed by atoms with Crippen LogP contribution in [-0.2, 0) is 24.2 Å². The zero-order chi connectivity index (χ0) is 13.9. The minimum Gasteiger partial charge on any atom is -0.352 e. The van der Waals surface area contributed by atoms with E-state index in [1.54, 1.807) is 11.3 Å². The van der Waals surface area contributed by atoms with Crippen molar-refractivity contribution >= 4 is 28.8 Å². The molecule has 0 bridgehead atoms. The van der Waals surface area contributed by atoms with Crippen LogP contribution < -0.4 is 5.32 Å². The van der Waals surface area contributed by atoms with Gasteiger partial charge >= 0.3 is 0 Å². The first-order valence-electron chi connectivity index (χ1n) is 6.66. The Morgan fingerprint density at radius 3 is 3.15 bits per heavy atom. The summed E-state index contributed by atoms with van der Waals surface area (Å²) in [7, 11) is 0. The van der Waals surface area contributed by atoms with E-state index >= 15 is 0 Å². The quantitative estimate of drug-likeness (QED) is 0.946. The fourth-order valence-electron chi connectivity index (χ4n) is 2.49. The second-order valence-electron chi connectivity index (χ2n) is 4.97. The number of hydrogen-bond donors (Lipinski definition) is 1. The topological polar surface area (TPSA) is 42.0 Å². The molecule has 1 aromatic heterocycles. The van der Waals surface area contributed by atoms with Gasteiger partial charge in [0, 0.05) is 22.4 Å². The Hall–Kier alpha value is -1.39. The van der Waals surface area contributed by atoms with E-state index in [4.69, 9.17) is 11.6 Å². The summed E-state index contributed by atoms with van der Waals surface area (Å²) in [6.45, 7) is 0.491. The Labute approximate surface area is 127 Å². The highest BCUT2D eigenvalue weighted by atomic mass is 35.5. The second-order valence-corrected chi connectivity index (χ2v) is 6.32. The van der Waals surface area contributed by atoms with Crippen LogP contribution >= 0.6 is 22.9 Å². The predicted molar refractivity (Wildman–Crippen MR) is 80.9 cm³/mol. The third-order valence-electron chi connectivity index (χ3n) is 3.67. The third kappa shape index (κ3) is 2.86. The number of fused-ring (bicyclic) bond motifs is 1. The molecule has 2 aromatic rings. The summed E-state index contributed by atoms with van der Waals surface area (Å²) in [5, 5.41) is 3.69. The molecule has 1 heterocycles. The van der Waals surface area contributed by atoms with Gasteiger partial charge in [0.2, 0.25) is 5.91 Å². The number of aromatic nitrogens is 1. The maximum Gasteiger partial charge on any atom is 0.223 e. The van der Waals surface area contributed by atoms with Crippen LogP contribution in [0.4, 0.5) is 0 Å². The van der Waals surface area contributed by atoms with Crippen molar-refractivity contribution in [2.75, 3.05) is 0 Å². The van der Waals surface area contributed by atoms with Gasteiger partial charge in [0.25, 0.3) is 0 Å². The predicted octanol–water partition coefficient (Wildman–Crippen LogP) is 3.22. The lowest BCUT2D eigenvalue weighted by Crippen LogP contribution is -2.33. The molecule has 0 aliphatic heterocycles. The molecule has 1 aromatic carbocycles. The zero-order valence-corrected chi connectivity index (χ0v) is 12.5. The first kappa shape index (κ1) is 13.6. The van der Waals surface area contributed by atoms with Crippen LogP contribution in [0.25, 0.3) is 0 Å². The molecule has 1 amide bonds. The summed E-state index contributed by atoms with van der Waals surface area (Å²) >= 11 is 7.74. The molecule has 1 aliphatic carbocycles. The number of carbonyl (C=O) groups is 1. The maximum atomic E-state index is 12.2. The van der Waals surface area contributed by atoms with Crippen molar-refractivity contribution in [1.29, 1.82) is 0 Å². The van der Waals surface area contributed by atoms with Crippen LogP contribution in [0.2, 0.25) is 5.02 Å². The molecule has 5 heteroatoms. The van der Waals surface area contributed by atoms with Crippen molar-refractivity contribution in [2.24, 2.45) is 5.92 Å². The van der Waals surface area contributed by atoms with Gasteiger partial charge in [0.05, 0.1) is 11.2 Å². The number of carbonyl (C=O) groups excluding carboxylic acids is 1. The Morgan fingerprint density at radius 2 is 2.30 bits per heavy atom. The lowest BCUT2D eigenvalue weighted by atomic mass is 9.90. The fourth-order valence-corrected chi connectivity index (χ4v) is 3.59. The molecule has 1 aliphatic rings. The summed E-state index contributed by atoms with van der Waals surface area (Å²) in [4.78, 5) is 17.8.